The van der Waals surface area contributed by atoms with Gasteiger partial charge in [-0.1, -0.05) is 0 Å². The molecular formula is C29H34F3N9O2. The predicted octanol–water partition coefficient (Wildman–Crippen LogP) is 2.77. The van der Waals surface area contributed by atoms with Crippen molar-refractivity contribution in [1.82, 2.24) is 39.5 Å². The highest BCUT2D eigenvalue weighted by atomic mass is 19.4. The van der Waals surface area contributed by atoms with Gasteiger partial charge in [-0.15, -0.1) is 0 Å². The van der Waals surface area contributed by atoms with Crippen LogP contribution in [-0.2, 0) is 18.3 Å². The molecule has 0 aromatic carbocycles. The summed E-state index contributed by atoms with van der Waals surface area (Å²) in [5, 5.41) is 15.1. The van der Waals surface area contributed by atoms with Crippen LogP contribution in [0.5, 0.6) is 5.88 Å². The number of aromatic nitrogens is 6. The van der Waals surface area contributed by atoms with Crippen LogP contribution >= 0.6 is 0 Å². The summed E-state index contributed by atoms with van der Waals surface area (Å²) in [5.41, 5.74) is 8.06. The molecule has 4 N–H and O–H groups in total. The fraction of sp³-hybridized carbons (Fsp3) is 0.517. The van der Waals surface area contributed by atoms with E-state index in [9.17, 15) is 18.3 Å². The third-order valence-electron chi connectivity index (χ3n) is 9.08. The molecule has 7 rings (SSSR count). The normalized spacial score (nSPS) is 24.3. The predicted molar refractivity (Wildman–Crippen MR) is 151 cm³/mol. The lowest BCUT2D eigenvalue weighted by atomic mass is 9.71. The second-order valence-electron chi connectivity index (χ2n) is 12.0. The first-order valence-corrected chi connectivity index (χ1v) is 14.6. The molecule has 0 spiro atoms. The average Bonchev–Trinajstić information content (AvgIpc) is 3.63. The molecule has 2 saturated heterocycles. The zero-order chi connectivity index (χ0) is 29.8. The maximum atomic E-state index is 13.6. The number of halogens is 3. The highest BCUT2D eigenvalue weighted by Crippen LogP contribution is 2.43. The van der Waals surface area contributed by atoms with Gasteiger partial charge in [-0.25, -0.2) is 15.0 Å². The molecule has 3 fully saturated rings. The first-order valence-electron chi connectivity index (χ1n) is 14.6. The van der Waals surface area contributed by atoms with E-state index in [-0.39, 0.29) is 17.5 Å². The molecule has 11 nitrogen and oxygen atoms in total. The minimum atomic E-state index is -4.57. The van der Waals surface area contributed by atoms with Crippen LogP contribution in [0.2, 0.25) is 0 Å². The molecular weight excluding hydrogens is 563 g/mol. The van der Waals surface area contributed by atoms with Gasteiger partial charge in [0.2, 0.25) is 5.88 Å². The number of ether oxygens (including phenoxy) is 1. The van der Waals surface area contributed by atoms with Gasteiger partial charge in [0.25, 0.3) is 0 Å². The smallest absolute Gasteiger partial charge is 0.433 e. The van der Waals surface area contributed by atoms with Gasteiger partial charge in [-0.05, 0) is 43.4 Å². The summed E-state index contributed by atoms with van der Waals surface area (Å²) in [7, 11) is 0. The van der Waals surface area contributed by atoms with E-state index in [1.54, 1.807) is 12.4 Å². The minimum absolute atomic E-state index is 0.00484. The lowest BCUT2D eigenvalue weighted by Gasteiger charge is -2.52. The van der Waals surface area contributed by atoms with Gasteiger partial charge in [-0.3, -0.25) is 14.5 Å². The Labute approximate surface area is 245 Å². The van der Waals surface area contributed by atoms with Crippen LogP contribution in [0.15, 0.2) is 43.1 Å². The van der Waals surface area contributed by atoms with Crippen LogP contribution in [0.25, 0.3) is 22.3 Å². The van der Waals surface area contributed by atoms with Crippen molar-refractivity contribution in [2.24, 2.45) is 5.73 Å². The zero-order valence-corrected chi connectivity index (χ0v) is 23.5. The maximum absolute atomic E-state index is 13.6. The number of hydrogen-bond acceptors (Lipinski definition) is 9. The Bertz CT molecular complexity index is 1590. The van der Waals surface area contributed by atoms with Crippen LogP contribution in [-0.4, -0.2) is 95.6 Å². The van der Waals surface area contributed by atoms with Gasteiger partial charge in [0.05, 0.1) is 23.5 Å². The number of likely N-dealkylation sites (tertiary alicyclic amines) is 2. The van der Waals surface area contributed by atoms with Gasteiger partial charge in [-0.2, -0.15) is 18.3 Å². The molecule has 228 valence electrons. The number of β-amino-alcohol motifs (C(OH)–C–C–N with tert-alkyl or cyclic N) is 1. The van der Waals surface area contributed by atoms with Gasteiger partial charge in [0.15, 0.2) is 0 Å². The Morgan fingerprint density at radius 2 is 1.93 bits per heavy atom. The lowest BCUT2D eigenvalue weighted by Crippen LogP contribution is -2.61. The number of alkyl halides is 3. The number of aromatic amines is 1. The average molecular weight is 598 g/mol. The van der Waals surface area contributed by atoms with Crippen LogP contribution in [0, 0.1) is 0 Å². The number of aliphatic hydroxyl groups is 1. The summed E-state index contributed by atoms with van der Waals surface area (Å²) < 4.78 is 48.7. The SMILES string of the molecule is NCC1(n2cc(-c3ncnc4[nH]ccc34)cn2)CC(N2CCC(Oc3cc(CN4CC(O)C4)cc(C(F)(F)F)n3)CC2)C1. The molecule has 14 heteroatoms. The van der Waals surface area contributed by atoms with Crippen LogP contribution < -0.4 is 10.5 Å². The van der Waals surface area contributed by atoms with E-state index in [0.29, 0.717) is 50.6 Å². The van der Waals surface area contributed by atoms with E-state index >= 15 is 0 Å². The summed E-state index contributed by atoms with van der Waals surface area (Å²) in [6, 6.07) is 4.96. The highest BCUT2D eigenvalue weighted by Gasteiger charge is 2.48. The Morgan fingerprint density at radius 3 is 2.65 bits per heavy atom. The van der Waals surface area contributed by atoms with Crippen molar-refractivity contribution in [2.45, 2.75) is 62.2 Å². The van der Waals surface area contributed by atoms with Crippen molar-refractivity contribution >= 4 is 11.0 Å². The summed E-state index contributed by atoms with van der Waals surface area (Å²) in [6.45, 7) is 3.24. The molecule has 0 unspecified atom stereocenters. The Kier molecular flexibility index (Phi) is 7.11. The standard InChI is InChI=1S/C29H34F3N9O2/c30-29(31,32)24-7-18(12-39-14-21(42)15-39)8-25(38-24)43-22-2-5-40(6-3-22)20-9-28(10-20,16-33)41-13-19(11-37-41)26-23-1-4-34-27(23)36-17-35-26/h1,4,7-8,11,13,17,20-22,42H,2-3,5-6,9-10,12,14-16,33H2,(H,34,35,36). The number of fused-ring (bicyclic) bond motifs is 1. The van der Waals surface area contributed by atoms with Crippen LogP contribution in [0.1, 0.15) is 36.9 Å². The molecule has 0 radical (unpaired) electrons. The Morgan fingerprint density at radius 1 is 1.14 bits per heavy atom. The summed E-state index contributed by atoms with van der Waals surface area (Å²) in [5.74, 6) is 0.00484. The number of nitrogens with two attached hydrogens (primary N) is 1. The molecule has 43 heavy (non-hydrogen) atoms. The molecule has 3 aliphatic rings. The molecule has 0 bridgehead atoms. The number of H-pyrrole nitrogens is 1. The molecule has 0 atom stereocenters. The lowest BCUT2D eigenvalue weighted by molar-refractivity contribution is -0.141. The molecule has 2 aliphatic heterocycles. The summed E-state index contributed by atoms with van der Waals surface area (Å²) in [4.78, 5) is 20.0. The van der Waals surface area contributed by atoms with Crippen molar-refractivity contribution in [1.29, 1.82) is 0 Å². The third-order valence-corrected chi connectivity index (χ3v) is 9.08. The molecule has 1 saturated carbocycles. The van der Waals surface area contributed by atoms with Crippen LogP contribution in [0.3, 0.4) is 0 Å². The number of nitrogens with zero attached hydrogens (tertiary/aromatic N) is 7. The molecule has 4 aromatic heterocycles. The number of pyridine rings is 1. The van der Waals surface area contributed by atoms with E-state index in [2.05, 4.69) is 29.9 Å². The number of rotatable bonds is 8. The largest absolute Gasteiger partial charge is 0.474 e. The summed E-state index contributed by atoms with van der Waals surface area (Å²) >= 11 is 0. The van der Waals surface area contributed by atoms with Crippen LogP contribution in [0.4, 0.5) is 13.2 Å². The molecule has 6 heterocycles. The second kappa shape index (κ2) is 10.8. The molecule has 4 aromatic rings. The molecule has 1 aliphatic carbocycles. The number of nitrogens with one attached hydrogen (secondary N) is 1. The minimum Gasteiger partial charge on any atom is -0.474 e. The van der Waals surface area contributed by atoms with E-state index < -0.39 is 18.0 Å². The number of hydrogen-bond donors (Lipinski definition) is 3. The van der Waals surface area contributed by atoms with E-state index in [1.807, 2.05) is 34.2 Å². The van der Waals surface area contributed by atoms with Crippen molar-refractivity contribution in [3.05, 3.63) is 54.4 Å². The Hall–Kier alpha value is -3.59. The van der Waals surface area contributed by atoms with Gasteiger partial charge < -0.3 is 20.6 Å². The Balaban J connectivity index is 0.967. The van der Waals surface area contributed by atoms with E-state index in [0.717, 1.165) is 54.3 Å². The quantitative estimate of drug-likeness (QED) is 0.280. The first-order chi connectivity index (χ1) is 20.7. The monoisotopic (exact) mass is 597 g/mol. The van der Waals surface area contributed by atoms with Gasteiger partial charge >= 0.3 is 6.18 Å². The fourth-order valence-electron chi connectivity index (χ4n) is 6.65. The molecule has 0 amide bonds. The van der Waals surface area contributed by atoms with Gasteiger partial charge in [0, 0.05) is 74.7 Å². The first kappa shape index (κ1) is 28.2. The van der Waals surface area contributed by atoms with Gasteiger partial charge in [0.1, 0.15) is 23.8 Å². The van der Waals surface area contributed by atoms with Crippen molar-refractivity contribution in [2.75, 3.05) is 32.7 Å². The van der Waals surface area contributed by atoms with E-state index in [1.165, 1.54) is 0 Å². The van der Waals surface area contributed by atoms with E-state index in [4.69, 9.17) is 10.5 Å². The van der Waals surface area contributed by atoms with Crippen molar-refractivity contribution < 1.29 is 23.0 Å². The number of aliphatic hydroxyl groups excluding tert-OH is 1. The van der Waals surface area contributed by atoms with Crippen molar-refractivity contribution in [3.63, 3.8) is 0 Å². The fourth-order valence-corrected chi connectivity index (χ4v) is 6.65. The number of piperidine rings is 1. The third kappa shape index (κ3) is 5.48. The zero-order valence-electron chi connectivity index (χ0n) is 23.5. The van der Waals surface area contributed by atoms with Crippen molar-refractivity contribution in [3.8, 4) is 17.1 Å². The topological polar surface area (TPSA) is 134 Å². The summed E-state index contributed by atoms with van der Waals surface area (Å²) in [6.07, 6.45) is 5.14. The highest BCUT2D eigenvalue weighted by molar-refractivity contribution is 5.90. The second-order valence-corrected chi connectivity index (χ2v) is 12.0. The maximum Gasteiger partial charge on any atom is 0.433 e.